The van der Waals surface area contributed by atoms with Crippen LogP contribution in [0.4, 0.5) is 17.1 Å². The Hall–Kier alpha value is -2.58. The van der Waals surface area contributed by atoms with E-state index in [4.69, 9.17) is 0 Å². The summed E-state index contributed by atoms with van der Waals surface area (Å²) in [6.07, 6.45) is 4.28. The maximum atomic E-state index is 12.6. The van der Waals surface area contributed by atoms with Gasteiger partial charge < -0.3 is 15.5 Å². The monoisotopic (exact) mass is 442 g/mol. The lowest BCUT2D eigenvalue weighted by atomic mass is 10.2. The zero-order chi connectivity index (χ0) is 21.8. The van der Waals surface area contributed by atoms with Crippen LogP contribution in [0.25, 0.3) is 0 Å². The van der Waals surface area contributed by atoms with E-state index >= 15 is 0 Å². The average molecular weight is 443 g/mol. The molecular formula is C23H30N4O3S. The van der Waals surface area contributed by atoms with Gasteiger partial charge in [-0.05, 0) is 81.1 Å². The fraction of sp³-hybridized carbons (Fsp3) is 0.435. The lowest BCUT2D eigenvalue weighted by Crippen LogP contribution is -2.32. The number of benzene rings is 2. The molecule has 2 saturated heterocycles. The van der Waals surface area contributed by atoms with E-state index < -0.39 is 16.1 Å². The van der Waals surface area contributed by atoms with Crippen LogP contribution in [0.15, 0.2) is 53.4 Å². The van der Waals surface area contributed by atoms with Crippen LogP contribution in [0.2, 0.25) is 0 Å². The Morgan fingerprint density at radius 3 is 2.00 bits per heavy atom. The fourth-order valence-corrected chi connectivity index (χ4v) is 5.61. The molecule has 7 nitrogen and oxygen atoms in total. The molecule has 0 radical (unpaired) electrons. The van der Waals surface area contributed by atoms with Crippen molar-refractivity contribution in [3.05, 3.63) is 48.5 Å². The molecule has 2 fully saturated rings. The largest absolute Gasteiger partial charge is 0.374 e. The van der Waals surface area contributed by atoms with Gasteiger partial charge in [0.15, 0.2) is 0 Å². The predicted molar refractivity (Wildman–Crippen MR) is 124 cm³/mol. The van der Waals surface area contributed by atoms with E-state index in [0.717, 1.165) is 31.6 Å². The third-order valence-corrected chi connectivity index (χ3v) is 7.85. The number of carbonyl (C=O) groups is 1. The second kappa shape index (κ2) is 9.28. The summed E-state index contributed by atoms with van der Waals surface area (Å²) < 4.78 is 26.7. The van der Waals surface area contributed by atoms with E-state index in [1.54, 1.807) is 31.2 Å². The molecule has 2 aromatic rings. The van der Waals surface area contributed by atoms with E-state index in [9.17, 15) is 13.2 Å². The molecule has 4 rings (SSSR count). The van der Waals surface area contributed by atoms with Crippen LogP contribution in [0.5, 0.6) is 0 Å². The van der Waals surface area contributed by atoms with Gasteiger partial charge in [0.2, 0.25) is 15.9 Å². The van der Waals surface area contributed by atoms with E-state index in [1.165, 1.54) is 22.8 Å². The van der Waals surface area contributed by atoms with Crippen LogP contribution in [0, 0.1) is 0 Å². The first-order valence-electron chi connectivity index (χ1n) is 11.0. The number of carbonyl (C=O) groups excluding carboxylic acids is 1. The smallest absolute Gasteiger partial charge is 0.246 e. The number of rotatable bonds is 7. The third kappa shape index (κ3) is 5.02. The molecule has 0 aliphatic carbocycles. The maximum Gasteiger partial charge on any atom is 0.246 e. The van der Waals surface area contributed by atoms with Crippen LogP contribution in [0.1, 0.15) is 32.6 Å². The molecular weight excluding hydrogens is 412 g/mol. The van der Waals surface area contributed by atoms with Gasteiger partial charge in [0.25, 0.3) is 0 Å². The standard InChI is InChI=1S/C23H30N4O3S/c1-18(24-19-6-10-21(11-7-19)26-14-2-3-15-26)23(28)25-20-8-12-22(13-9-20)31(29,30)27-16-4-5-17-27/h6-13,18,24H,2-5,14-17H2,1H3,(H,25,28)/t18-/m1/s1. The van der Waals surface area contributed by atoms with E-state index in [2.05, 4.69) is 27.7 Å². The van der Waals surface area contributed by atoms with Gasteiger partial charge in [0.1, 0.15) is 6.04 Å². The van der Waals surface area contributed by atoms with E-state index in [1.807, 2.05) is 12.1 Å². The Balaban J connectivity index is 1.33. The topological polar surface area (TPSA) is 81.8 Å². The Bertz CT molecular complexity index is 994. The van der Waals surface area contributed by atoms with Crippen molar-refractivity contribution < 1.29 is 13.2 Å². The van der Waals surface area contributed by atoms with Crippen molar-refractivity contribution in [3.63, 3.8) is 0 Å². The van der Waals surface area contributed by atoms with Crippen molar-refractivity contribution in [2.45, 2.75) is 43.5 Å². The van der Waals surface area contributed by atoms with Gasteiger partial charge in [-0.3, -0.25) is 4.79 Å². The van der Waals surface area contributed by atoms with Gasteiger partial charge in [-0.1, -0.05) is 0 Å². The Morgan fingerprint density at radius 2 is 1.39 bits per heavy atom. The first kappa shape index (κ1) is 21.6. The maximum absolute atomic E-state index is 12.6. The van der Waals surface area contributed by atoms with Crippen LogP contribution >= 0.6 is 0 Å². The van der Waals surface area contributed by atoms with E-state index in [0.29, 0.717) is 18.8 Å². The quantitative estimate of drug-likeness (QED) is 0.686. The molecule has 2 aliphatic rings. The van der Waals surface area contributed by atoms with Crippen molar-refractivity contribution >= 4 is 33.0 Å². The Kier molecular flexibility index (Phi) is 6.48. The Labute approximate surface area is 184 Å². The highest BCUT2D eigenvalue weighted by Gasteiger charge is 2.27. The minimum absolute atomic E-state index is 0.182. The summed E-state index contributed by atoms with van der Waals surface area (Å²) in [4.78, 5) is 15.2. The van der Waals surface area contributed by atoms with Crippen molar-refractivity contribution in [3.8, 4) is 0 Å². The highest BCUT2D eigenvalue weighted by molar-refractivity contribution is 7.89. The molecule has 0 unspecified atom stereocenters. The first-order valence-corrected chi connectivity index (χ1v) is 12.4. The zero-order valence-corrected chi connectivity index (χ0v) is 18.7. The molecule has 8 heteroatoms. The molecule has 2 aromatic carbocycles. The molecule has 1 amide bonds. The number of anilines is 3. The highest BCUT2D eigenvalue weighted by atomic mass is 32.2. The summed E-state index contributed by atoms with van der Waals surface area (Å²) in [5.74, 6) is -0.182. The van der Waals surface area contributed by atoms with Crippen LogP contribution in [-0.4, -0.2) is 50.9 Å². The molecule has 2 N–H and O–H groups in total. The number of hydrogen-bond donors (Lipinski definition) is 2. The number of amides is 1. The molecule has 2 heterocycles. The zero-order valence-electron chi connectivity index (χ0n) is 17.9. The normalized spacial score (nSPS) is 18.2. The second-order valence-corrected chi connectivity index (χ2v) is 10.2. The van der Waals surface area contributed by atoms with Gasteiger partial charge >= 0.3 is 0 Å². The number of sulfonamides is 1. The lowest BCUT2D eigenvalue weighted by Gasteiger charge is -2.19. The first-order chi connectivity index (χ1) is 14.9. The predicted octanol–water partition coefficient (Wildman–Crippen LogP) is 3.51. The number of nitrogens with one attached hydrogen (secondary N) is 2. The minimum Gasteiger partial charge on any atom is -0.374 e. The van der Waals surface area contributed by atoms with Gasteiger partial charge in [0, 0.05) is 43.2 Å². The molecule has 0 bridgehead atoms. The summed E-state index contributed by atoms with van der Waals surface area (Å²) in [6, 6.07) is 14.1. The van der Waals surface area contributed by atoms with Crippen LogP contribution in [-0.2, 0) is 14.8 Å². The SMILES string of the molecule is C[C@@H](Nc1ccc(N2CCCC2)cc1)C(=O)Nc1ccc(S(=O)(=O)N2CCCC2)cc1. The van der Waals surface area contributed by atoms with Gasteiger partial charge in [-0.15, -0.1) is 0 Å². The van der Waals surface area contributed by atoms with Crippen molar-refractivity contribution in [2.75, 3.05) is 41.7 Å². The van der Waals surface area contributed by atoms with Crippen molar-refractivity contribution in [1.29, 1.82) is 0 Å². The molecule has 1 atom stereocenters. The van der Waals surface area contributed by atoms with Crippen molar-refractivity contribution in [2.24, 2.45) is 0 Å². The van der Waals surface area contributed by atoms with Gasteiger partial charge in [-0.2, -0.15) is 4.31 Å². The summed E-state index contributed by atoms with van der Waals surface area (Å²) in [5, 5.41) is 6.07. The molecule has 0 saturated carbocycles. The average Bonchev–Trinajstić information content (AvgIpc) is 3.49. The summed E-state index contributed by atoms with van der Waals surface area (Å²) in [6.45, 7) is 5.15. The van der Waals surface area contributed by atoms with Gasteiger partial charge in [0.05, 0.1) is 4.90 Å². The van der Waals surface area contributed by atoms with Crippen LogP contribution in [0.3, 0.4) is 0 Å². The molecule has 31 heavy (non-hydrogen) atoms. The number of hydrogen-bond acceptors (Lipinski definition) is 5. The Morgan fingerprint density at radius 1 is 0.839 bits per heavy atom. The third-order valence-electron chi connectivity index (χ3n) is 5.94. The van der Waals surface area contributed by atoms with Gasteiger partial charge in [-0.25, -0.2) is 8.42 Å². The molecule has 0 aromatic heterocycles. The summed E-state index contributed by atoms with van der Waals surface area (Å²) >= 11 is 0. The lowest BCUT2D eigenvalue weighted by molar-refractivity contribution is -0.116. The fourth-order valence-electron chi connectivity index (χ4n) is 4.10. The molecule has 166 valence electrons. The van der Waals surface area contributed by atoms with E-state index in [-0.39, 0.29) is 10.8 Å². The minimum atomic E-state index is -3.45. The second-order valence-electron chi connectivity index (χ2n) is 8.23. The summed E-state index contributed by atoms with van der Waals surface area (Å²) in [5.41, 5.74) is 2.67. The summed E-state index contributed by atoms with van der Waals surface area (Å²) in [7, 11) is -3.45. The molecule has 2 aliphatic heterocycles. The highest BCUT2D eigenvalue weighted by Crippen LogP contribution is 2.24. The van der Waals surface area contributed by atoms with Crippen molar-refractivity contribution in [1.82, 2.24) is 4.31 Å². The van der Waals surface area contributed by atoms with Crippen LogP contribution < -0.4 is 15.5 Å². The molecule has 0 spiro atoms. The number of nitrogens with zero attached hydrogens (tertiary/aromatic N) is 2.